The van der Waals surface area contributed by atoms with Crippen LogP contribution in [0.2, 0.25) is 5.02 Å². The molecule has 2 aromatic rings. The van der Waals surface area contributed by atoms with E-state index in [9.17, 15) is 4.79 Å². The van der Waals surface area contributed by atoms with Gasteiger partial charge in [0.25, 0.3) is 5.91 Å². The molecule has 4 rings (SSSR count). The summed E-state index contributed by atoms with van der Waals surface area (Å²) in [5.41, 5.74) is 1.68. The van der Waals surface area contributed by atoms with Crippen molar-refractivity contribution in [1.29, 1.82) is 0 Å². The molecule has 2 heterocycles. The van der Waals surface area contributed by atoms with Crippen LogP contribution in [-0.4, -0.2) is 41.5 Å². The molecule has 5 nitrogen and oxygen atoms in total. The van der Waals surface area contributed by atoms with Crippen LogP contribution in [0.4, 0.5) is 0 Å². The Morgan fingerprint density at radius 3 is 2.91 bits per heavy atom. The minimum absolute atomic E-state index is 0.0561. The first-order valence-electron chi connectivity index (χ1n) is 10.1. The number of carbonyl (C=O) groups is 1. The van der Waals surface area contributed by atoms with Crippen molar-refractivity contribution in [2.24, 2.45) is 0 Å². The quantitative estimate of drug-likeness (QED) is 0.306. The fourth-order valence-electron chi connectivity index (χ4n) is 3.53. The molecule has 168 valence electrons. The van der Waals surface area contributed by atoms with Gasteiger partial charge in [-0.2, -0.15) is 0 Å². The van der Waals surface area contributed by atoms with Gasteiger partial charge in [-0.05, 0) is 58.6 Å². The third-order valence-corrected chi connectivity index (χ3v) is 7.50. The van der Waals surface area contributed by atoms with Gasteiger partial charge in [0.15, 0.2) is 11.5 Å². The molecular weight excluding hydrogens is 534 g/mol. The molecule has 0 unspecified atom stereocenters. The minimum Gasteiger partial charge on any atom is -0.493 e. The van der Waals surface area contributed by atoms with Crippen molar-refractivity contribution < 1.29 is 19.0 Å². The molecule has 2 aliphatic heterocycles. The number of rotatable bonds is 7. The molecule has 0 radical (unpaired) electrons. The fourth-order valence-corrected chi connectivity index (χ4v) is 5.57. The van der Waals surface area contributed by atoms with E-state index in [1.54, 1.807) is 12.0 Å². The van der Waals surface area contributed by atoms with Crippen molar-refractivity contribution in [3.8, 4) is 11.5 Å². The van der Waals surface area contributed by atoms with Crippen molar-refractivity contribution in [3.63, 3.8) is 0 Å². The van der Waals surface area contributed by atoms with E-state index in [1.165, 1.54) is 11.8 Å². The monoisotopic (exact) mass is 553 g/mol. The standard InChI is InChI=1S/C23H21BrClNO4S2/c1-28-19-10-14(9-17(24)21(19)30-13-15-5-2-3-7-18(15)25)11-20-22(27)26(23(31)32-20)12-16-6-4-8-29-16/h2-3,5,7,9-11,16H,4,6,8,12-13H2,1H3/b20-11-/t16-/m1/s1. The zero-order valence-corrected chi connectivity index (χ0v) is 21.3. The van der Waals surface area contributed by atoms with Gasteiger partial charge < -0.3 is 14.2 Å². The largest absolute Gasteiger partial charge is 0.493 e. The number of halogens is 2. The fraction of sp³-hybridized carbons (Fsp3) is 0.304. The Morgan fingerprint density at radius 2 is 2.19 bits per heavy atom. The lowest BCUT2D eigenvalue weighted by molar-refractivity contribution is -0.123. The van der Waals surface area contributed by atoms with Gasteiger partial charge in [0.2, 0.25) is 0 Å². The van der Waals surface area contributed by atoms with E-state index in [0.717, 1.165) is 30.6 Å². The van der Waals surface area contributed by atoms with Crippen LogP contribution < -0.4 is 9.47 Å². The molecule has 2 fully saturated rings. The van der Waals surface area contributed by atoms with Crippen molar-refractivity contribution in [3.05, 3.63) is 61.9 Å². The summed E-state index contributed by atoms with van der Waals surface area (Å²) >= 11 is 16.5. The van der Waals surface area contributed by atoms with Gasteiger partial charge in [0.05, 0.1) is 29.1 Å². The Hall–Kier alpha value is -1.58. The molecule has 9 heteroatoms. The molecular formula is C23H21BrClNO4S2. The Kier molecular flexibility index (Phi) is 7.78. The van der Waals surface area contributed by atoms with Crippen molar-refractivity contribution in [2.45, 2.75) is 25.6 Å². The summed E-state index contributed by atoms with van der Waals surface area (Å²) in [5.74, 6) is 1.02. The van der Waals surface area contributed by atoms with E-state index in [-0.39, 0.29) is 12.0 Å². The summed E-state index contributed by atoms with van der Waals surface area (Å²) in [6.07, 6.45) is 3.85. The van der Waals surface area contributed by atoms with Gasteiger partial charge in [-0.3, -0.25) is 9.69 Å². The molecule has 1 atom stereocenters. The lowest BCUT2D eigenvalue weighted by Crippen LogP contribution is -2.35. The second-order valence-electron chi connectivity index (χ2n) is 7.34. The van der Waals surface area contributed by atoms with Gasteiger partial charge >= 0.3 is 0 Å². The average Bonchev–Trinajstić information content (AvgIpc) is 3.38. The SMILES string of the molecule is COc1cc(/C=C2\SC(=S)N(C[C@H]3CCCO3)C2=O)cc(Br)c1OCc1ccccc1Cl. The molecule has 2 aromatic carbocycles. The Morgan fingerprint density at radius 1 is 1.38 bits per heavy atom. The lowest BCUT2D eigenvalue weighted by Gasteiger charge is -2.18. The van der Waals surface area contributed by atoms with E-state index in [4.69, 9.17) is 38.0 Å². The molecule has 0 bridgehead atoms. The molecule has 2 saturated heterocycles. The lowest BCUT2D eigenvalue weighted by atomic mass is 10.1. The summed E-state index contributed by atoms with van der Waals surface area (Å²) in [6.45, 7) is 1.55. The third kappa shape index (κ3) is 5.31. The molecule has 0 aromatic heterocycles. The molecule has 0 aliphatic carbocycles. The highest BCUT2D eigenvalue weighted by Crippen LogP contribution is 2.40. The maximum Gasteiger partial charge on any atom is 0.266 e. The van der Waals surface area contributed by atoms with Crippen LogP contribution in [0.25, 0.3) is 6.08 Å². The van der Waals surface area contributed by atoms with E-state index in [0.29, 0.717) is 43.4 Å². The highest BCUT2D eigenvalue weighted by atomic mass is 79.9. The van der Waals surface area contributed by atoms with Crippen LogP contribution in [0, 0.1) is 0 Å². The van der Waals surface area contributed by atoms with Crippen LogP contribution in [-0.2, 0) is 16.1 Å². The van der Waals surface area contributed by atoms with Gasteiger partial charge in [-0.25, -0.2) is 0 Å². The number of carbonyl (C=O) groups excluding carboxylic acids is 1. The van der Waals surface area contributed by atoms with Crippen LogP contribution in [0.5, 0.6) is 11.5 Å². The third-order valence-electron chi connectivity index (χ3n) is 5.16. The number of thioether (sulfide) groups is 1. The Bertz CT molecular complexity index is 1070. The Balaban J connectivity index is 1.52. The van der Waals surface area contributed by atoms with Crippen molar-refractivity contribution in [2.75, 3.05) is 20.3 Å². The van der Waals surface area contributed by atoms with Gasteiger partial charge in [-0.15, -0.1) is 0 Å². The van der Waals surface area contributed by atoms with E-state index >= 15 is 0 Å². The first-order valence-corrected chi connectivity index (χ1v) is 12.5. The van der Waals surface area contributed by atoms with Crippen LogP contribution in [0.15, 0.2) is 45.8 Å². The van der Waals surface area contributed by atoms with Crippen LogP contribution in [0.1, 0.15) is 24.0 Å². The number of benzene rings is 2. The van der Waals surface area contributed by atoms with Crippen molar-refractivity contribution in [1.82, 2.24) is 4.90 Å². The average molecular weight is 555 g/mol. The predicted molar refractivity (Wildman–Crippen MR) is 135 cm³/mol. The molecule has 2 aliphatic rings. The number of thiocarbonyl (C=S) groups is 1. The zero-order chi connectivity index (χ0) is 22.7. The summed E-state index contributed by atoms with van der Waals surface area (Å²) in [5, 5.41) is 0.643. The second kappa shape index (κ2) is 10.6. The van der Waals surface area contributed by atoms with Crippen LogP contribution in [0.3, 0.4) is 0 Å². The summed E-state index contributed by atoms with van der Waals surface area (Å²) < 4.78 is 18.5. The maximum atomic E-state index is 12.9. The van der Waals surface area contributed by atoms with Gasteiger partial charge in [0, 0.05) is 17.2 Å². The Labute approximate surface area is 210 Å². The van der Waals surface area contributed by atoms with Crippen molar-refractivity contribution >= 4 is 67.8 Å². The summed E-state index contributed by atoms with van der Waals surface area (Å²) in [6, 6.07) is 11.2. The number of methoxy groups -OCH3 is 1. The second-order valence-corrected chi connectivity index (χ2v) is 10.3. The summed E-state index contributed by atoms with van der Waals surface area (Å²) in [7, 11) is 1.58. The highest BCUT2D eigenvalue weighted by Gasteiger charge is 2.34. The van der Waals surface area contributed by atoms with Gasteiger partial charge in [-0.1, -0.05) is 53.8 Å². The van der Waals surface area contributed by atoms with E-state index in [1.807, 2.05) is 42.5 Å². The topological polar surface area (TPSA) is 48.0 Å². The smallest absolute Gasteiger partial charge is 0.266 e. The van der Waals surface area contributed by atoms with Gasteiger partial charge in [0.1, 0.15) is 10.9 Å². The predicted octanol–water partition coefficient (Wildman–Crippen LogP) is 6.07. The summed E-state index contributed by atoms with van der Waals surface area (Å²) in [4.78, 5) is 15.1. The van der Waals surface area contributed by atoms with E-state index in [2.05, 4.69) is 15.9 Å². The molecule has 0 spiro atoms. The molecule has 0 saturated carbocycles. The number of ether oxygens (including phenoxy) is 3. The normalized spacial score (nSPS) is 19.8. The zero-order valence-electron chi connectivity index (χ0n) is 17.3. The maximum absolute atomic E-state index is 12.9. The number of hydrogen-bond acceptors (Lipinski definition) is 6. The van der Waals surface area contributed by atoms with E-state index < -0.39 is 0 Å². The molecule has 1 amide bonds. The number of nitrogens with zero attached hydrogens (tertiary/aromatic N) is 1. The number of amides is 1. The first kappa shape index (κ1) is 23.6. The minimum atomic E-state index is -0.0929. The van der Waals surface area contributed by atoms with Crippen LogP contribution >= 0.6 is 51.5 Å². The molecule has 32 heavy (non-hydrogen) atoms. The molecule has 0 N–H and O–H groups in total. The first-order chi connectivity index (χ1) is 15.5. The highest BCUT2D eigenvalue weighted by molar-refractivity contribution is 9.10. The number of hydrogen-bond donors (Lipinski definition) is 0.